The molecule has 0 amide bonds. The molecule has 0 saturated heterocycles. The van der Waals surface area contributed by atoms with E-state index in [0.29, 0.717) is 41.8 Å². The minimum absolute atomic E-state index is 0.196. The summed E-state index contributed by atoms with van der Waals surface area (Å²) in [7, 11) is 3.17. The van der Waals surface area contributed by atoms with Gasteiger partial charge in [-0.3, -0.25) is 0 Å². The molecule has 0 atom stereocenters. The van der Waals surface area contributed by atoms with Crippen LogP contribution in [0.5, 0.6) is 11.5 Å². The van der Waals surface area contributed by atoms with E-state index in [1.807, 2.05) is 12.1 Å². The Morgan fingerprint density at radius 1 is 1.00 bits per heavy atom. The molecule has 0 saturated carbocycles. The van der Waals surface area contributed by atoms with Gasteiger partial charge in [-0.2, -0.15) is 4.98 Å². The number of benzene rings is 2. The number of aromatic nitrogens is 2. The van der Waals surface area contributed by atoms with Crippen LogP contribution in [0.15, 0.2) is 54.7 Å². The fraction of sp³-hybridized carbons (Fsp3) is 0.200. The zero-order chi connectivity index (χ0) is 19.1. The van der Waals surface area contributed by atoms with Crippen LogP contribution in [0.1, 0.15) is 5.56 Å². The molecule has 140 valence electrons. The quantitative estimate of drug-likeness (QED) is 0.626. The lowest BCUT2D eigenvalue weighted by molar-refractivity contribution is 0.355. The summed E-state index contributed by atoms with van der Waals surface area (Å²) in [5.41, 5.74) is 1.44. The lowest BCUT2D eigenvalue weighted by Crippen LogP contribution is -2.08. The zero-order valence-corrected chi connectivity index (χ0v) is 15.2. The first-order valence-corrected chi connectivity index (χ1v) is 8.49. The lowest BCUT2D eigenvalue weighted by atomic mass is 10.1. The Balaban J connectivity index is 1.63. The van der Waals surface area contributed by atoms with Gasteiger partial charge >= 0.3 is 0 Å². The Bertz CT molecular complexity index is 905. The Labute approximate surface area is 157 Å². The van der Waals surface area contributed by atoms with E-state index in [9.17, 15) is 4.39 Å². The summed E-state index contributed by atoms with van der Waals surface area (Å²) in [6.45, 7) is 0.563. The Kier molecular flexibility index (Phi) is 6.04. The van der Waals surface area contributed by atoms with E-state index in [4.69, 9.17) is 9.47 Å². The highest BCUT2D eigenvalue weighted by atomic mass is 19.1. The van der Waals surface area contributed by atoms with Gasteiger partial charge in [0.05, 0.1) is 14.2 Å². The molecular weight excluding hydrogens is 347 g/mol. The van der Waals surface area contributed by atoms with E-state index in [1.54, 1.807) is 50.7 Å². The molecule has 6 nitrogen and oxygen atoms in total. The van der Waals surface area contributed by atoms with E-state index in [1.165, 1.54) is 6.07 Å². The van der Waals surface area contributed by atoms with E-state index < -0.39 is 0 Å². The standard InChI is InChI=1S/C20H21FN4O2/c1-26-17-8-7-15(13-18(17)27-2)24-20-23-12-10-19(25-20)22-11-9-14-5-3-4-6-16(14)21/h3-8,10,12-13H,9,11H2,1-2H3,(H2,22,23,24,25). The van der Waals surface area contributed by atoms with Crippen molar-refractivity contribution in [1.29, 1.82) is 0 Å². The van der Waals surface area contributed by atoms with Gasteiger partial charge in [0.25, 0.3) is 0 Å². The van der Waals surface area contributed by atoms with Crippen molar-refractivity contribution in [2.75, 3.05) is 31.4 Å². The van der Waals surface area contributed by atoms with E-state index >= 15 is 0 Å². The Morgan fingerprint density at radius 2 is 1.81 bits per heavy atom. The fourth-order valence-electron chi connectivity index (χ4n) is 2.59. The summed E-state index contributed by atoms with van der Waals surface area (Å²) in [5, 5.41) is 6.31. The van der Waals surface area contributed by atoms with Gasteiger partial charge in [0.15, 0.2) is 11.5 Å². The molecule has 1 heterocycles. The molecule has 0 aliphatic carbocycles. The number of nitrogens with zero attached hydrogens (tertiary/aromatic N) is 2. The van der Waals surface area contributed by atoms with Gasteiger partial charge in [0.1, 0.15) is 11.6 Å². The first kappa shape index (κ1) is 18.4. The Hall–Kier alpha value is -3.35. The second kappa shape index (κ2) is 8.84. The highest BCUT2D eigenvalue weighted by Gasteiger charge is 2.06. The van der Waals surface area contributed by atoms with Crippen LogP contribution in [0, 0.1) is 5.82 Å². The molecule has 3 rings (SSSR count). The molecule has 2 N–H and O–H groups in total. The van der Waals surface area contributed by atoms with E-state index in [0.717, 1.165) is 5.69 Å². The van der Waals surface area contributed by atoms with Crippen LogP contribution in [-0.4, -0.2) is 30.7 Å². The monoisotopic (exact) mass is 368 g/mol. The molecule has 27 heavy (non-hydrogen) atoms. The minimum Gasteiger partial charge on any atom is -0.493 e. The topological polar surface area (TPSA) is 68.3 Å². The SMILES string of the molecule is COc1ccc(Nc2nccc(NCCc3ccccc3F)n2)cc1OC. The maximum absolute atomic E-state index is 13.7. The van der Waals surface area contributed by atoms with Crippen molar-refractivity contribution >= 4 is 17.5 Å². The van der Waals surface area contributed by atoms with Gasteiger partial charge in [-0.05, 0) is 36.2 Å². The second-order valence-corrected chi connectivity index (χ2v) is 5.73. The second-order valence-electron chi connectivity index (χ2n) is 5.73. The number of hydrogen-bond acceptors (Lipinski definition) is 6. The molecule has 2 aromatic carbocycles. The van der Waals surface area contributed by atoms with Crippen LogP contribution in [0.25, 0.3) is 0 Å². The smallest absolute Gasteiger partial charge is 0.229 e. The molecule has 0 aliphatic heterocycles. The number of anilines is 3. The maximum atomic E-state index is 13.7. The average molecular weight is 368 g/mol. The first-order valence-electron chi connectivity index (χ1n) is 8.49. The highest BCUT2D eigenvalue weighted by molar-refractivity contribution is 5.60. The van der Waals surface area contributed by atoms with Gasteiger partial charge < -0.3 is 20.1 Å². The fourth-order valence-corrected chi connectivity index (χ4v) is 2.59. The molecule has 1 aromatic heterocycles. The number of ether oxygens (including phenoxy) is 2. The lowest BCUT2D eigenvalue weighted by Gasteiger charge is -2.11. The number of methoxy groups -OCH3 is 2. The Morgan fingerprint density at radius 3 is 2.59 bits per heavy atom. The van der Waals surface area contributed by atoms with Crippen molar-refractivity contribution in [2.24, 2.45) is 0 Å². The number of hydrogen-bond donors (Lipinski definition) is 2. The van der Waals surface area contributed by atoms with Crippen molar-refractivity contribution in [1.82, 2.24) is 9.97 Å². The van der Waals surface area contributed by atoms with Crippen LogP contribution in [-0.2, 0) is 6.42 Å². The number of halogens is 1. The van der Waals surface area contributed by atoms with Crippen molar-refractivity contribution < 1.29 is 13.9 Å². The van der Waals surface area contributed by atoms with Crippen molar-refractivity contribution in [3.05, 3.63) is 66.1 Å². The third-order valence-corrected chi connectivity index (χ3v) is 3.95. The normalized spacial score (nSPS) is 10.3. The summed E-state index contributed by atoms with van der Waals surface area (Å²) in [5.74, 6) is 2.16. The van der Waals surface area contributed by atoms with Crippen molar-refractivity contribution in [3.63, 3.8) is 0 Å². The predicted molar refractivity (Wildman–Crippen MR) is 103 cm³/mol. The summed E-state index contributed by atoms with van der Waals surface area (Å²) in [6.07, 6.45) is 2.22. The summed E-state index contributed by atoms with van der Waals surface area (Å²) < 4.78 is 24.2. The average Bonchev–Trinajstić information content (AvgIpc) is 2.69. The largest absolute Gasteiger partial charge is 0.493 e. The summed E-state index contributed by atoms with van der Waals surface area (Å²) >= 11 is 0. The summed E-state index contributed by atoms with van der Waals surface area (Å²) in [6, 6.07) is 14.0. The molecular formula is C20H21FN4O2. The van der Waals surface area contributed by atoms with Crippen LogP contribution >= 0.6 is 0 Å². The van der Waals surface area contributed by atoms with E-state index in [2.05, 4.69) is 20.6 Å². The molecule has 0 radical (unpaired) electrons. The zero-order valence-electron chi connectivity index (χ0n) is 15.2. The molecule has 0 unspecified atom stereocenters. The van der Waals surface area contributed by atoms with E-state index in [-0.39, 0.29) is 5.82 Å². The molecule has 0 fully saturated rings. The van der Waals surface area contributed by atoms with Crippen LogP contribution in [0.3, 0.4) is 0 Å². The maximum Gasteiger partial charge on any atom is 0.229 e. The third kappa shape index (κ3) is 4.84. The van der Waals surface area contributed by atoms with Crippen LogP contribution in [0.4, 0.5) is 21.8 Å². The van der Waals surface area contributed by atoms with Crippen LogP contribution in [0.2, 0.25) is 0 Å². The number of rotatable bonds is 8. The first-order chi connectivity index (χ1) is 13.2. The van der Waals surface area contributed by atoms with Gasteiger partial charge in [-0.25, -0.2) is 9.37 Å². The van der Waals surface area contributed by atoms with Gasteiger partial charge in [0.2, 0.25) is 5.95 Å². The summed E-state index contributed by atoms with van der Waals surface area (Å²) in [4.78, 5) is 8.64. The number of nitrogens with one attached hydrogen (secondary N) is 2. The predicted octanol–water partition coefficient (Wildman–Crippen LogP) is 4.03. The molecule has 0 spiro atoms. The molecule has 7 heteroatoms. The van der Waals surface area contributed by atoms with Gasteiger partial charge in [-0.1, -0.05) is 18.2 Å². The molecule has 3 aromatic rings. The van der Waals surface area contributed by atoms with Crippen LogP contribution < -0.4 is 20.1 Å². The van der Waals surface area contributed by atoms with Gasteiger partial charge in [0, 0.05) is 24.5 Å². The van der Waals surface area contributed by atoms with Crippen molar-refractivity contribution in [3.8, 4) is 11.5 Å². The minimum atomic E-state index is -0.196. The highest BCUT2D eigenvalue weighted by Crippen LogP contribution is 2.30. The van der Waals surface area contributed by atoms with Gasteiger partial charge in [-0.15, -0.1) is 0 Å². The molecule has 0 aliphatic rings. The van der Waals surface area contributed by atoms with Crippen molar-refractivity contribution in [2.45, 2.75) is 6.42 Å². The molecule has 0 bridgehead atoms. The third-order valence-electron chi connectivity index (χ3n) is 3.95.